The molecule has 1 aromatic carbocycles. The van der Waals surface area contributed by atoms with Crippen LogP contribution in [-0.4, -0.2) is 17.1 Å². The van der Waals surface area contributed by atoms with Crippen molar-refractivity contribution in [2.24, 2.45) is 10.9 Å². The van der Waals surface area contributed by atoms with Crippen LogP contribution in [0.15, 0.2) is 75.6 Å². The molecule has 2 aliphatic carbocycles. The number of allylic oxidation sites excluding steroid dienone is 3. The Morgan fingerprint density at radius 2 is 2.13 bits per heavy atom. The minimum absolute atomic E-state index is 0.0699. The Balaban J connectivity index is 1.69. The number of carbonyl (C=O) groups excluding carboxylic acids is 1. The van der Waals surface area contributed by atoms with E-state index >= 15 is 0 Å². The summed E-state index contributed by atoms with van der Waals surface area (Å²) in [5.74, 6) is 0.157. The second kappa shape index (κ2) is 8.34. The molecule has 2 aliphatic rings. The molecule has 31 heavy (non-hydrogen) atoms. The third-order valence-electron chi connectivity index (χ3n) is 5.96. The predicted octanol–water partition coefficient (Wildman–Crippen LogP) is 4.78. The van der Waals surface area contributed by atoms with Gasteiger partial charge in [-0.2, -0.15) is 0 Å². The van der Waals surface area contributed by atoms with Crippen LogP contribution in [0.5, 0.6) is 0 Å². The van der Waals surface area contributed by atoms with Gasteiger partial charge in [-0.3, -0.25) is 14.6 Å². The van der Waals surface area contributed by atoms with Crippen molar-refractivity contribution >= 4 is 23.9 Å². The molecule has 0 saturated heterocycles. The van der Waals surface area contributed by atoms with Crippen LogP contribution in [0.4, 0.5) is 5.69 Å². The third-order valence-corrected chi connectivity index (χ3v) is 5.96. The molecule has 0 spiro atoms. The van der Waals surface area contributed by atoms with Crippen molar-refractivity contribution in [3.63, 3.8) is 0 Å². The van der Waals surface area contributed by atoms with Crippen molar-refractivity contribution in [3.8, 4) is 0 Å². The summed E-state index contributed by atoms with van der Waals surface area (Å²) in [6.07, 6.45) is 11.8. The average Bonchev–Trinajstić information content (AvgIpc) is 2.70. The van der Waals surface area contributed by atoms with E-state index < -0.39 is 5.54 Å². The van der Waals surface area contributed by atoms with Gasteiger partial charge < -0.3 is 10.3 Å². The summed E-state index contributed by atoms with van der Waals surface area (Å²) in [5, 5.41) is 2.80. The first-order chi connectivity index (χ1) is 14.9. The monoisotopic (exact) mass is 413 g/mol. The van der Waals surface area contributed by atoms with Gasteiger partial charge in [0.15, 0.2) is 0 Å². The molecule has 4 rings (SSSR count). The first-order valence-corrected chi connectivity index (χ1v) is 10.6. The molecule has 1 aromatic heterocycles. The number of anilines is 1. The van der Waals surface area contributed by atoms with Crippen LogP contribution < -0.4 is 10.9 Å². The molecule has 0 aliphatic heterocycles. The number of nitrogens with zero attached hydrogens (tertiary/aromatic N) is 1. The van der Waals surface area contributed by atoms with Gasteiger partial charge in [-0.15, -0.1) is 0 Å². The van der Waals surface area contributed by atoms with E-state index in [-0.39, 0.29) is 17.4 Å². The van der Waals surface area contributed by atoms with E-state index in [1.807, 2.05) is 48.7 Å². The highest BCUT2D eigenvalue weighted by atomic mass is 16.1. The molecule has 5 heteroatoms. The predicted molar refractivity (Wildman–Crippen MR) is 126 cm³/mol. The molecule has 0 saturated carbocycles. The summed E-state index contributed by atoms with van der Waals surface area (Å²) in [5.41, 5.74) is 5.86. The molecule has 1 amide bonds. The smallest absolute Gasteiger partial charge is 0.248 e. The Morgan fingerprint density at radius 3 is 2.90 bits per heavy atom. The van der Waals surface area contributed by atoms with E-state index in [2.05, 4.69) is 36.3 Å². The van der Waals surface area contributed by atoms with Crippen LogP contribution in [0.3, 0.4) is 0 Å². The van der Waals surface area contributed by atoms with Gasteiger partial charge in [-0.1, -0.05) is 35.9 Å². The Hall–Kier alpha value is -3.47. The molecule has 2 atom stereocenters. The van der Waals surface area contributed by atoms with Crippen LogP contribution in [0.1, 0.15) is 44.0 Å². The molecule has 5 nitrogen and oxygen atoms in total. The fourth-order valence-electron chi connectivity index (χ4n) is 4.90. The van der Waals surface area contributed by atoms with Gasteiger partial charge in [0.25, 0.3) is 0 Å². The number of H-pyrrole nitrogens is 1. The van der Waals surface area contributed by atoms with Gasteiger partial charge in [0.2, 0.25) is 11.5 Å². The van der Waals surface area contributed by atoms with Gasteiger partial charge >= 0.3 is 0 Å². The molecule has 0 radical (unpaired) electrons. The Morgan fingerprint density at radius 1 is 1.29 bits per heavy atom. The number of benzene rings is 1. The zero-order valence-electron chi connectivity index (χ0n) is 18.1. The SMILES string of the molecule is CC=C1[C@H]2C=C(C)C[C@]1(N=CC=Cc1cccc(NC(C)=O)c1)c1ccc(=O)[nH]c1C2. The summed E-state index contributed by atoms with van der Waals surface area (Å²) in [7, 11) is 0. The number of hydrogen-bond acceptors (Lipinski definition) is 3. The van der Waals surface area contributed by atoms with Gasteiger partial charge in [0.05, 0.1) is 0 Å². The summed E-state index contributed by atoms with van der Waals surface area (Å²) in [4.78, 5) is 31.3. The quantitative estimate of drug-likeness (QED) is 0.559. The number of hydrogen-bond donors (Lipinski definition) is 2. The van der Waals surface area contributed by atoms with Crippen LogP contribution in [-0.2, 0) is 16.8 Å². The Kier molecular flexibility index (Phi) is 5.59. The lowest BCUT2D eigenvalue weighted by molar-refractivity contribution is -0.114. The molecule has 0 fully saturated rings. The minimum Gasteiger partial charge on any atom is -0.326 e. The van der Waals surface area contributed by atoms with E-state index in [4.69, 9.17) is 4.99 Å². The van der Waals surface area contributed by atoms with Crippen molar-refractivity contribution in [1.29, 1.82) is 0 Å². The fraction of sp³-hybridized carbons (Fsp3) is 0.269. The summed E-state index contributed by atoms with van der Waals surface area (Å²) >= 11 is 0. The average molecular weight is 414 g/mol. The highest BCUT2D eigenvalue weighted by Crippen LogP contribution is 2.51. The van der Waals surface area contributed by atoms with Crippen molar-refractivity contribution in [1.82, 2.24) is 4.98 Å². The second-order valence-electron chi connectivity index (χ2n) is 8.26. The first-order valence-electron chi connectivity index (χ1n) is 10.6. The molecule has 2 bridgehead atoms. The van der Waals surface area contributed by atoms with E-state index in [0.717, 1.165) is 35.3 Å². The van der Waals surface area contributed by atoms with Crippen molar-refractivity contribution in [3.05, 3.63) is 92.9 Å². The van der Waals surface area contributed by atoms with E-state index in [0.29, 0.717) is 0 Å². The zero-order valence-corrected chi connectivity index (χ0v) is 18.1. The highest BCUT2D eigenvalue weighted by molar-refractivity contribution is 5.89. The van der Waals surface area contributed by atoms with Gasteiger partial charge in [0, 0.05) is 48.5 Å². The molecular formula is C26H27N3O2. The Labute approximate surface area is 182 Å². The number of nitrogens with one attached hydrogen (secondary N) is 2. The highest BCUT2D eigenvalue weighted by Gasteiger charge is 2.46. The summed E-state index contributed by atoms with van der Waals surface area (Å²) in [6.45, 7) is 5.72. The molecule has 158 valence electrons. The van der Waals surface area contributed by atoms with Crippen molar-refractivity contribution in [2.45, 2.75) is 39.2 Å². The number of fused-ring (bicyclic) bond motifs is 4. The number of amides is 1. The second-order valence-corrected chi connectivity index (χ2v) is 8.26. The maximum absolute atomic E-state index is 11.9. The normalized spacial score (nSPS) is 23.8. The number of aromatic amines is 1. The number of carbonyl (C=O) groups is 1. The summed E-state index contributed by atoms with van der Waals surface area (Å²) < 4.78 is 0. The van der Waals surface area contributed by atoms with Crippen LogP contribution >= 0.6 is 0 Å². The number of aliphatic imine (C=N–C) groups is 1. The molecular weight excluding hydrogens is 386 g/mol. The maximum atomic E-state index is 11.9. The lowest BCUT2D eigenvalue weighted by Crippen LogP contribution is -2.40. The van der Waals surface area contributed by atoms with Gasteiger partial charge in [0.1, 0.15) is 5.54 Å². The zero-order chi connectivity index (χ0) is 22.0. The third kappa shape index (κ3) is 4.08. The standard InChI is InChI=1S/C26H27N3O2/c1-4-22-20-13-17(2)16-26(22,23-10-11-25(31)29-24(23)15-20)27-12-6-8-19-7-5-9-21(14-19)28-18(3)30/h4-14,20H,15-16H2,1-3H3,(H,28,30)(H,29,31)/t20-,26+/m0/s1. The largest absolute Gasteiger partial charge is 0.326 e. The van der Waals surface area contributed by atoms with E-state index in [9.17, 15) is 9.59 Å². The van der Waals surface area contributed by atoms with Crippen molar-refractivity contribution in [2.75, 3.05) is 5.32 Å². The van der Waals surface area contributed by atoms with Crippen LogP contribution in [0.2, 0.25) is 0 Å². The minimum atomic E-state index is -0.488. The molecule has 2 N–H and O–H groups in total. The number of aromatic nitrogens is 1. The Bertz CT molecular complexity index is 1200. The van der Waals surface area contributed by atoms with E-state index in [1.165, 1.54) is 18.1 Å². The van der Waals surface area contributed by atoms with Crippen LogP contribution in [0, 0.1) is 5.92 Å². The number of pyridine rings is 1. The molecule has 1 heterocycles. The fourth-order valence-corrected chi connectivity index (χ4v) is 4.90. The number of rotatable bonds is 4. The van der Waals surface area contributed by atoms with Crippen molar-refractivity contribution < 1.29 is 4.79 Å². The lowest BCUT2D eigenvalue weighted by Gasteiger charge is -2.45. The van der Waals surface area contributed by atoms with Gasteiger partial charge in [-0.05, 0) is 55.7 Å². The molecule has 2 aromatic rings. The van der Waals surface area contributed by atoms with Gasteiger partial charge in [-0.25, -0.2) is 0 Å². The molecule has 0 unspecified atom stereocenters. The maximum Gasteiger partial charge on any atom is 0.248 e. The van der Waals surface area contributed by atoms with Crippen LogP contribution in [0.25, 0.3) is 6.08 Å². The topological polar surface area (TPSA) is 74.3 Å². The summed E-state index contributed by atoms with van der Waals surface area (Å²) in [6, 6.07) is 11.2. The first kappa shape index (κ1) is 20.8. The lowest BCUT2D eigenvalue weighted by atomic mass is 9.63. The van der Waals surface area contributed by atoms with E-state index in [1.54, 1.807) is 6.07 Å².